The third kappa shape index (κ3) is 3.78. The third-order valence-electron chi connectivity index (χ3n) is 8.03. The normalized spacial score (nSPS) is 25.8. The van der Waals surface area contributed by atoms with E-state index in [1.165, 1.54) is 5.39 Å². The van der Waals surface area contributed by atoms with Crippen LogP contribution in [-0.4, -0.2) is 41.6 Å². The van der Waals surface area contributed by atoms with Gasteiger partial charge in [0.25, 0.3) is 0 Å². The Kier molecular flexibility index (Phi) is 5.45. The van der Waals surface area contributed by atoms with Gasteiger partial charge in [-0.2, -0.15) is 0 Å². The molecule has 1 aromatic heterocycles. The lowest BCUT2D eigenvalue weighted by molar-refractivity contribution is 0.00578. The van der Waals surface area contributed by atoms with E-state index in [4.69, 9.17) is 18.6 Å². The SMILES string of the molecule is CCC(B1OC(C)(C)C(C)(C)O1)C(B1OC(C)(C)C(C)(C)O1)c1cc2ccccc2[nH]1. The summed E-state index contributed by atoms with van der Waals surface area (Å²) in [5.74, 6) is -0.00281. The predicted octanol–water partition coefficient (Wildman–Crippen LogP) is 5.76. The minimum Gasteiger partial charge on any atom is -0.403 e. The number of H-pyrrole nitrogens is 1. The average Bonchev–Trinajstić information content (AvgIpc) is 3.22. The Labute approximate surface area is 187 Å². The number of para-hydroxylation sites is 1. The van der Waals surface area contributed by atoms with Crippen LogP contribution in [-0.2, 0) is 18.6 Å². The molecule has 31 heavy (non-hydrogen) atoms. The van der Waals surface area contributed by atoms with Crippen molar-refractivity contribution in [2.24, 2.45) is 0 Å². The highest BCUT2D eigenvalue weighted by atomic mass is 16.7. The molecule has 0 radical (unpaired) electrons. The summed E-state index contributed by atoms with van der Waals surface area (Å²) < 4.78 is 26.2. The number of rotatable bonds is 5. The molecule has 0 spiro atoms. The highest BCUT2D eigenvalue weighted by molar-refractivity contribution is 6.55. The molecule has 2 unspecified atom stereocenters. The second-order valence-electron chi connectivity index (χ2n) is 11.2. The number of aromatic amines is 1. The van der Waals surface area contributed by atoms with E-state index in [2.05, 4.69) is 97.6 Å². The number of hydrogen-bond acceptors (Lipinski definition) is 4. The van der Waals surface area contributed by atoms with Crippen molar-refractivity contribution in [2.45, 2.75) is 103 Å². The quantitative estimate of drug-likeness (QED) is 0.620. The molecule has 2 saturated heterocycles. The van der Waals surface area contributed by atoms with Crippen LogP contribution >= 0.6 is 0 Å². The molecular weight excluding hydrogens is 388 g/mol. The molecule has 4 rings (SSSR count). The second kappa shape index (κ2) is 7.38. The van der Waals surface area contributed by atoms with Gasteiger partial charge in [-0.1, -0.05) is 31.5 Å². The van der Waals surface area contributed by atoms with Crippen LogP contribution in [0.5, 0.6) is 0 Å². The molecule has 0 aliphatic carbocycles. The second-order valence-corrected chi connectivity index (χ2v) is 11.2. The van der Waals surface area contributed by atoms with E-state index >= 15 is 0 Å². The van der Waals surface area contributed by atoms with Crippen LogP contribution in [0.4, 0.5) is 0 Å². The maximum Gasteiger partial charge on any atom is 0.467 e. The van der Waals surface area contributed by atoms with Gasteiger partial charge in [-0.25, -0.2) is 0 Å². The molecule has 1 aromatic carbocycles. The summed E-state index contributed by atoms with van der Waals surface area (Å²) in [6.07, 6.45) is 0.876. The number of benzene rings is 1. The fraction of sp³-hybridized carbons (Fsp3) is 0.667. The van der Waals surface area contributed by atoms with Crippen molar-refractivity contribution in [3.05, 3.63) is 36.0 Å². The van der Waals surface area contributed by atoms with E-state index in [-0.39, 0.29) is 30.0 Å². The summed E-state index contributed by atoms with van der Waals surface area (Å²) >= 11 is 0. The maximum absolute atomic E-state index is 6.57. The lowest BCUT2D eigenvalue weighted by atomic mass is 9.51. The first kappa shape index (κ1) is 22.9. The van der Waals surface area contributed by atoms with Crippen LogP contribution in [0.3, 0.4) is 0 Å². The van der Waals surface area contributed by atoms with E-state index in [9.17, 15) is 0 Å². The summed E-state index contributed by atoms with van der Waals surface area (Å²) in [6.45, 7) is 19.0. The zero-order chi connectivity index (χ0) is 22.8. The third-order valence-corrected chi connectivity index (χ3v) is 8.03. The zero-order valence-corrected chi connectivity index (χ0v) is 20.5. The predicted molar refractivity (Wildman–Crippen MR) is 127 cm³/mol. The molecule has 0 saturated carbocycles. The first-order valence-corrected chi connectivity index (χ1v) is 11.6. The Morgan fingerprint density at radius 2 is 1.26 bits per heavy atom. The highest BCUT2D eigenvalue weighted by Gasteiger charge is 2.60. The fourth-order valence-electron chi connectivity index (χ4n) is 4.57. The van der Waals surface area contributed by atoms with Gasteiger partial charge in [-0.05, 0) is 72.9 Å². The van der Waals surface area contributed by atoms with Gasteiger partial charge in [0.15, 0.2) is 0 Å². The molecule has 7 heteroatoms. The number of hydrogen-bond donors (Lipinski definition) is 1. The highest BCUT2D eigenvalue weighted by Crippen LogP contribution is 2.50. The summed E-state index contributed by atoms with van der Waals surface area (Å²) in [6, 6.07) is 10.6. The van der Waals surface area contributed by atoms with E-state index in [1.54, 1.807) is 0 Å². The van der Waals surface area contributed by atoms with Gasteiger partial charge in [0.2, 0.25) is 0 Å². The van der Waals surface area contributed by atoms with Crippen LogP contribution in [0.2, 0.25) is 5.82 Å². The number of fused-ring (bicyclic) bond motifs is 1. The van der Waals surface area contributed by atoms with E-state index in [0.717, 1.165) is 17.6 Å². The van der Waals surface area contributed by atoms with Crippen molar-refractivity contribution in [2.75, 3.05) is 0 Å². The average molecular weight is 425 g/mol. The molecule has 2 atom stereocenters. The molecule has 168 valence electrons. The first-order valence-electron chi connectivity index (χ1n) is 11.6. The first-order chi connectivity index (χ1) is 14.3. The Hall–Kier alpha value is -1.27. The van der Waals surface area contributed by atoms with E-state index in [1.807, 2.05) is 0 Å². The van der Waals surface area contributed by atoms with Gasteiger partial charge in [0.1, 0.15) is 0 Å². The topological polar surface area (TPSA) is 52.7 Å². The van der Waals surface area contributed by atoms with Gasteiger partial charge in [0, 0.05) is 22.8 Å². The molecule has 2 aliphatic rings. The molecular formula is C24H37B2NO4. The molecule has 1 N–H and O–H groups in total. The minimum absolute atomic E-state index is 0.0591. The Bertz CT molecular complexity index is 887. The Balaban J connectivity index is 1.77. The van der Waals surface area contributed by atoms with Crippen LogP contribution in [0, 0.1) is 0 Å². The van der Waals surface area contributed by atoms with Crippen molar-refractivity contribution in [1.82, 2.24) is 4.98 Å². The standard InChI is InChI=1S/C24H37B2NO4/c1-10-17(25-28-21(2,3)22(4,5)29-25)20(26-30-23(6,7)24(8,9)31-26)19-15-16-13-11-12-14-18(16)27-19/h11-15,17,20,27H,10H2,1-9H3. The van der Waals surface area contributed by atoms with Gasteiger partial charge in [0.05, 0.1) is 22.4 Å². The molecule has 2 aliphatic heterocycles. The minimum atomic E-state index is -0.407. The molecule has 5 nitrogen and oxygen atoms in total. The summed E-state index contributed by atoms with van der Waals surface area (Å²) in [5.41, 5.74) is 0.633. The van der Waals surface area contributed by atoms with Crippen LogP contribution in [0.25, 0.3) is 10.9 Å². The molecule has 3 heterocycles. The van der Waals surface area contributed by atoms with Crippen LogP contribution in [0.1, 0.15) is 80.2 Å². The molecule has 2 fully saturated rings. The lowest BCUT2D eigenvalue weighted by Gasteiger charge is -2.32. The van der Waals surface area contributed by atoms with Crippen molar-refractivity contribution < 1.29 is 18.6 Å². The molecule has 2 aromatic rings. The molecule has 0 bridgehead atoms. The van der Waals surface area contributed by atoms with E-state index < -0.39 is 18.3 Å². The summed E-state index contributed by atoms with van der Waals surface area (Å²) in [5, 5.41) is 1.18. The monoisotopic (exact) mass is 425 g/mol. The van der Waals surface area contributed by atoms with Gasteiger partial charge in [-0.3, -0.25) is 0 Å². The van der Waals surface area contributed by atoms with Crippen molar-refractivity contribution >= 4 is 25.1 Å². The summed E-state index contributed by atoms with van der Waals surface area (Å²) in [4.78, 5) is 3.64. The fourth-order valence-corrected chi connectivity index (χ4v) is 4.57. The zero-order valence-electron chi connectivity index (χ0n) is 20.5. The number of nitrogens with one attached hydrogen (secondary N) is 1. The molecule has 0 amide bonds. The van der Waals surface area contributed by atoms with Gasteiger partial charge in [-0.15, -0.1) is 0 Å². The van der Waals surface area contributed by atoms with Gasteiger partial charge < -0.3 is 23.6 Å². The Morgan fingerprint density at radius 1 is 0.774 bits per heavy atom. The van der Waals surface area contributed by atoms with Crippen molar-refractivity contribution in [3.8, 4) is 0 Å². The Morgan fingerprint density at radius 3 is 1.74 bits per heavy atom. The van der Waals surface area contributed by atoms with Crippen molar-refractivity contribution in [1.29, 1.82) is 0 Å². The lowest BCUT2D eigenvalue weighted by Crippen LogP contribution is -2.41. The van der Waals surface area contributed by atoms with E-state index in [0.29, 0.717) is 0 Å². The van der Waals surface area contributed by atoms with Crippen molar-refractivity contribution in [3.63, 3.8) is 0 Å². The van der Waals surface area contributed by atoms with Crippen LogP contribution in [0.15, 0.2) is 30.3 Å². The van der Waals surface area contributed by atoms with Crippen LogP contribution < -0.4 is 0 Å². The van der Waals surface area contributed by atoms with Gasteiger partial charge >= 0.3 is 14.2 Å². The summed E-state index contributed by atoms with van der Waals surface area (Å²) in [7, 11) is -0.743. The smallest absolute Gasteiger partial charge is 0.403 e. The number of aromatic nitrogens is 1. The maximum atomic E-state index is 6.57. The largest absolute Gasteiger partial charge is 0.467 e.